The fourth-order valence-electron chi connectivity index (χ4n) is 4.42. The molecule has 0 fully saturated rings. The first-order chi connectivity index (χ1) is 14.4. The first-order valence-corrected chi connectivity index (χ1v) is 12.1. The molecule has 0 aliphatic heterocycles. The van der Waals surface area contributed by atoms with Crippen molar-refractivity contribution in [3.8, 4) is 11.1 Å². The maximum Gasteiger partial charge on any atom is 0.306 e. The molecule has 0 saturated heterocycles. The second kappa shape index (κ2) is 8.86. The van der Waals surface area contributed by atoms with Crippen LogP contribution in [0.15, 0.2) is 18.2 Å². The van der Waals surface area contributed by atoms with E-state index < -0.39 is 5.97 Å². The van der Waals surface area contributed by atoms with Crippen LogP contribution in [0.2, 0.25) is 10.0 Å². The van der Waals surface area contributed by atoms with Crippen molar-refractivity contribution in [2.24, 2.45) is 5.92 Å². The molecule has 0 radical (unpaired) electrons. The second-order valence-corrected chi connectivity index (χ2v) is 10.1. The zero-order valence-corrected chi connectivity index (χ0v) is 19.6. The lowest BCUT2D eigenvalue weighted by Crippen LogP contribution is -2.10. The Morgan fingerprint density at radius 1 is 1.23 bits per heavy atom. The highest BCUT2D eigenvalue weighted by Gasteiger charge is 2.24. The van der Waals surface area contributed by atoms with Crippen LogP contribution in [0, 0.1) is 12.8 Å². The number of fused-ring (bicyclic) bond motifs is 3. The highest BCUT2D eigenvalue weighted by atomic mass is 35.5. The summed E-state index contributed by atoms with van der Waals surface area (Å²) in [6.45, 7) is 3.83. The fourth-order valence-corrected chi connectivity index (χ4v) is 6.04. The van der Waals surface area contributed by atoms with E-state index in [-0.39, 0.29) is 5.92 Å². The quantitative estimate of drug-likeness (QED) is 0.413. The van der Waals surface area contributed by atoms with Crippen LogP contribution < -0.4 is 0 Å². The number of aromatic nitrogens is 1. The maximum absolute atomic E-state index is 11.2. The molecule has 0 amide bonds. The molecule has 2 aromatic heterocycles. The van der Waals surface area contributed by atoms with Crippen molar-refractivity contribution >= 4 is 50.7 Å². The lowest BCUT2D eigenvalue weighted by atomic mass is 9.88. The van der Waals surface area contributed by atoms with E-state index in [0.29, 0.717) is 16.5 Å². The number of pyridine rings is 1. The normalized spacial score (nSPS) is 14.7. The van der Waals surface area contributed by atoms with Crippen molar-refractivity contribution in [1.29, 1.82) is 0 Å². The molecule has 2 heterocycles. The first kappa shape index (κ1) is 21.6. The first-order valence-electron chi connectivity index (χ1n) is 10.5. The van der Waals surface area contributed by atoms with Crippen LogP contribution in [-0.2, 0) is 24.1 Å². The Morgan fingerprint density at radius 3 is 2.73 bits per heavy atom. The van der Waals surface area contributed by atoms with Gasteiger partial charge in [-0.05, 0) is 86.3 Å². The van der Waals surface area contributed by atoms with Crippen LogP contribution in [0.25, 0.3) is 21.3 Å². The number of carbonyl (C=O) groups is 1. The van der Waals surface area contributed by atoms with E-state index in [1.165, 1.54) is 39.8 Å². The third-order valence-corrected chi connectivity index (χ3v) is 8.03. The number of benzene rings is 1. The summed E-state index contributed by atoms with van der Waals surface area (Å²) in [6, 6.07) is 5.85. The number of carboxylic acids is 1. The lowest BCUT2D eigenvalue weighted by molar-refractivity contribution is -0.141. The Bertz CT molecular complexity index is 1120. The number of hydrogen-bond acceptors (Lipinski definition) is 3. The van der Waals surface area contributed by atoms with Gasteiger partial charge in [0.15, 0.2) is 0 Å². The predicted octanol–water partition coefficient (Wildman–Crippen LogP) is 7.50. The van der Waals surface area contributed by atoms with Crippen LogP contribution >= 0.6 is 34.5 Å². The van der Waals surface area contributed by atoms with Gasteiger partial charge in [0.25, 0.3) is 0 Å². The number of thiophene rings is 1. The summed E-state index contributed by atoms with van der Waals surface area (Å²) in [5, 5.41) is 11.6. The minimum Gasteiger partial charge on any atom is -0.481 e. The van der Waals surface area contributed by atoms with Crippen LogP contribution in [-0.4, -0.2) is 16.1 Å². The zero-order valence-electron chi connectivity index (χ0n) is 17.2. The van der Waals surface area contributed by atoms with Crippen molar-refractivity contribution in [1.82, 2.24) is 4.98 Å². The van der Waals surface area contributed by atoms with Crippen LogP contribution in [0.3, 0.4) is 0 Å². The van der Waals surface area contributed by atoms with Gasteiger partial charge in [-0.15, -0.1) is 11.3 Å². The SMILES string of the molecule is Cc1nc2sc3c(c2c(-c2ccc(Cl)c(Cl)c2)c1CCCC(C)C(=O)O)CCCC3. The van der Waals surface area contributed by atoms with Crippen LogP contribution in [0.1, 0.15) is 54.3 Å². The lowest BCUT2D eigenvalue weighted by Gasteiger charge is -2.18. The molecule has 1 aromatic carbocycles. The summed E-state index contributed by atoms with van der Waals surface area (Å²) in [4.78, 5) is 18.8. The molecule has 1 unspecified atom stereocenters. The smallest absolute Gasteiger partial charge is 0.306 e. The van der Waals surface area contributed by atoms with Gasteiger partial charge in [0.2, 0.25) is 0 Å². The van der Waals surface area contributed by atoms with Crippen molar-refractivity contribution in [3.05, 3.63) is 49.9 Å². The van der Waals surface area contributed by atoms with Gasteiger partial charge in [0, 0.05) is 16.0 Å². The summed E-state index contributed by atoms with van der Waals surface area (Å²) in [6.07, 6.45) is 6.91. The van der Waals surface area contributed by atoms with E-state index in [1.807, 2.05) is 29.5 Å². The Balaban J connectivity index is 1.87. The van der Waals surface area contributed by atoms with Gasteiger partial charge < -0.3 is 5.11 Å². The summed E-state index contributed by atoms with van der Waals surface area (Å²) >= 11 is 14.4. The predicted molar refractivity (Wildman–Crippen MR) is 126 cm³/mol. The number of halogens is 2. The average molecular weight is 462 g/mol. The molecular weight excluding hydrogens is 437 g/mol. The van der Waals surface area contributed by atoms with Crippen molar-refractivity contribution < 1.29 is 9.90 Å². The van der Waals surface area contributed by atoms with Gasteiger partial charge in [-0.1, -0.05) is 36.2 Å². The molecule has 6 heteroatoms. The number of hydrogen-bond donors (Lipinski definition) is 1. The molecule has 1 atom stereocenters. The van der Waals surface area contributed by atoms with Gasteiger partial charge in [0.05, 0.1) is 16.0 Å². The molecule has 30 heavy (non-hydrogen) atoms. The van der Waals surface area contributed by atoms with E-state index >= 15 is 0 Å². The minimum atomic E-state index is -0.739. The molecule has 1 aliphatic rings. The van der Waals surface area contributed by atoms with Crippen molar-refractivity contribution in [2.45, 2.75) is 58.8 Å². The van der Waals surface area contributed by atoms with Gasteiger partial charge in [-0.3, -0.25) is 4.79 Å². The molecule has 1 N–H and O–H groups in total. The minimum absolute atomic E-state index is 0.343. The Kier molecular flexibility index (Phi) is 6.38. The summed E-state index contributed by atoms with van der Waals surface area (Å²) < 4.78 is 0. The average Bonchev–Trinajstić information content (AvgIpc) is 3.08. The van der Waals surface area contributed by atoms with Crippen LogP contribution in [0.4, 0.5) is 0 Å². The van der Waals surface area contributed by atoms with E-state index in [0.717, 1.165) is 41.8 Å². The number of carboxylic acid groups (broad SMARTS) is 1. The number of aliphatic carboxylic acids is 1. The van der Waals surface area contributed by atoms with E-state index in [9.17, 15) is 9.90 Å². The maximum atomic E-state index is 11.2. The molecule has 0 saturated carbocycles. The largest absolute Gasteiger partial charge is 0.481 e. The summed E-state index contributed by atoms with van der Waals surface area (Å²) in [7, 11) is 0. The van der Waals surface area contributed by atoms with Gasteiger partial charge >= 0.3 is 5.97 Å². The highest BCUT2D eigenvalue weighted by molar-refractivity contribution is 7.19. The van der Waals surface area contributed by atoms with Gasteiger partial charge in [-0.2, -0.15) is 0 Å². The standard InChI is InChI=1S/C24H25Cl2NO2S/c1-13(24(28)29)6-5-8-16-14(2)27-23-22(17-7-3-4-9-20(17)30-23)21(16)15-10-11-18(25)19(26)12-15/h10-13H,3-9H2,1-2H3,(H,28,29). The number of nitrogens with zero attached hydrogens (tertiary/aromatic N) is 1. The molecule has 158 valence electrons. The Labute approximate surface area is 191 Å². The number of aryl methyl sites for hydroxylation is 3. The molecule has 0 spiro atoms. The molecular formula is C24H25Cl2NO2S. The molecule has 3 aromatic rings. The van der Waals surface area contributed by atoms with Gasteiger partial charge in [-0.25, -0.2) is 4.98 Å². The summed E-state index contributed by atoms with van der Waals surface area (Å²) in [5.74, 6) is -1.08. The molecule has 1 aliphatic carbocycles. The molecule has 4 rings (SSSR count). The monoisotopic (exact) mass is 461 g/mol. The van der Waals surface area contributed by atoms with E-state index in [1.54, 1.807) is 6.92 Å². The molecule has 0 bridgehead atoms. The van der Waals surface area contributed by atoms with Crippen molar-refractivity contribution in [3.63, 3.8) is 0 Å². The van der Waals surface area contributed by atoms with E-state index in [4.69, 9.17) is 28.2 Å². The topological polar surface area (TPSA) is 50.2 Å². The van der Waals surface area contributed by atoms with Crippen LogP contribution in [0.5, 0.6) is 0 Å². The highest BCUT2D eigenvalue weighted by Crippen LogP contribution is 2.44. The number of rotatable bonds is 6. The van der Waals surface area contributed by atoms with Crippen molar-refractivity contribution in [2.75, 3.05) is 0 Å². The zero-order chi connectivity index (χ0) is 21.4. The summed E-state index contributed by atoms with van der Waals surface area (Å²) in [5.41, 5.74) is 5.93. The third kappa shape index (κ3) is 4.10. The van der Waals surface area contributed by atoms with Gasteiger partial charge in [0.1, 0.15) is 4.83 Å². The Hall–Kier alpha value is -1.62. The Morgan fingerprint density at radius 2 is 2.00 bits per heavy atom. The third-order valence-electron chi connectivity index (χ3n) is 6.10. The second-order valence-electron chi connectivity index (χ2n) is 8.20. The van der Waals surface area contributed by atoms with E-state index in [2.05, 4.69) is 6.92 Å². The molecule has 3 nitrogen and oxygen atoms in total. The fraction of sp³-hybridized carbons (Fsp3) is 0.417.